The Morgan fingerprint density at radius 1 is 1.38 bits per heavy atom. The fourth-order valence-electron chi connectivity index (χ4n) is 1.96. The first-order valence-corrected chi connectivity index (χ1v) is 5.27. The molecule has 1 aliphatic carbocycles. The summed E-state index contributed by atoms with van der Waals surface area (Å²) in [6.07, 6.45) is 5.45. The van der Waals surface area contributed by atoms with Crippen LogP contribution in [0.2, 0.25) is 0 Å². The summed E-state index contributed by atoms with van der Waals surface area (Å²) < 4.78 is 5.36. The molecule has 0 saturated heterocycles. The highest BCUT2D eigenvalue weighted by Crippen LogP contribution is 2.31. The van der Waals surface area contributed by atoms with Crippen LogP contribution < -0.4 is 0 Å². The smallest absolute Gasteiger partial charge is 0.0622 e. The standard InChI is InChI=1S/C11H22O2/c1-11(2,13-3)7-6-9-4-5-10(12)8-9/h9-10,12H,4-8H2,1-3H3. The lowest BCUT2D eigenvalue weighted by atomic mass is 9.94. The van der Waals surface area contributed by atoms with Crippen molar-refractivity contribution < 1.29 is 9.84 Å². The van der Waals surface area contributed by atoms with Crippen LogP contribution in [0.15, 0.2) is 0 Å². The Hall–Kier alpha value is -0.0800. The highest BCUT2D eigenvalue weighted by atomic mass is 16.5. The van der Waals surface area contributed by atoms with Gasteiger partial charge in [-0.15, -0.1) is 0 Å². The molecule has 0 aliphatic heterocycles. The molecule has 1 rings (SSSR count). The van der Waals surface area contributed by atoms with E-state index in [4.69, 9.17) is 4.74 Å². The summed E-state index contributed by atoms with van der Waals surface area (Å²) in [5, 5.41) is 9.35. The average molecular weight is 186 g/mol. The summed E-state index contributed by atoms with van der Waals surface area (Å²) in [6, 6.07) is 0. The minimum atomic E-state index is -0.0318. The molecular weight excluding hydrogens is 164 g/mol. The van der Waals surface area contributed by atoms with Gasteiger partial charge in [0.25, 0.3) is 0 Å². The normalized spacial score (nSPS) is 29.5. The number of ether oxygens (including phenoxy) is 1. The van der Waals surface area contributed by atoms with Gasteiger partial charge in [-0.3, -0.25) is 0 Å². The van der Waals surface area contributed by atoms with Crippen molar-refractivity contribution in [2.75, 3.05) is 7.11 Å². The van der Waals surface area contributed by atoms with E-state index in [1.165, 1.54) is 12.8 Å². The second kappa shape index (κ2) is 4.43. The van der Waals surface area contributed by atoms with Crippen LogP contribution in [0.4, 0.5) is 0 Å². The molecule has 1 saturated carbocycles. The van der Waals surface area contributed by atoms with E-state index in [0.717, 1.165) is 25.2 Å². The molecule has 0 aromatic heterocycles. The lowest BCUT2D eigenvalue weighted by Gasteiger charge is -2.24. The van der Waals surface area contributed by atoms with Crippen LogP contribution in [-0.4, -0.2) is 23.9 Å². The maximum absolute atomic E-state index is 9.35. The van der Waals surface area contributed by atoms with Gasteiger partial charge >= 0.3 is 0 Å². The first-order chi connectivity index (χ1) is 6.03. The van der Waals surface area contributed by atoms with Crippen molar-refractivity contribution in [2.24, 2.45) is 5.92 Å². The van der Waals surface area contributed by atoms with Gasteiger partial charge in [0.15, 0.2) is 0 Å². The number of rotatable bonds is 4. The Bertz CT molecular complexity index is 154. The minimum Gasteiger partial charge on any atom is -0.393 e. The van der Waals surface area contributed by atoms with Crippen LogP contribution in [0.3, 0.4) is 0 Å². The summed E-state index contributed by atoms with van der Waals surface area (Å²) in [7, 11) is 1.77. The van der Waals surface area contributed by atoms with Crippen molar-refractivity contribution in [2.45, 2.75) is 57.7 Å². The van der Waals surface area contributed by atoms with Crippen molar-refractivity contribution in [1.29, 1.82) is 0 Å². The Kier molecular flexibility index (Phi) is 3.74. The van der Waals surface area contributed by atoms with Crippen LogP contribution in [0.5, 0.6) is 0 Å². The average Bonchev–Trinajstić information content (AvgIpc) is 2.48. The van der Waals surface area contributed by atoms with Crippen molar-refractivity contribution in [3.8, 4) is 0 Å². The van der Waals surface area contributed by atoms with E-state index in [1.54, 1.807) is 7.11 Å². The van der Waals surface area contributed by atoms with Gasteiger partial charge < -0.3 is 9.84 Å². The van der Waals surface area contributed by atoms with Crippen molar-refractivity contribution in [3.05, 3.63) is 0 Å². The van der Waals surface area contributed by atoms with Gasteiger partial charge in [-0.05, 0) is 51.9 Å². The lowest BCUT2D eigenvalue weighted by Crippen LogP contribution is -2.23. The Labute approximate surface area is 81.3 Å². The maximum Gasteiger partial charge on any atom is 0.0622 e. The van der Waals surface area contributed by atoms with Gasteiger partial charge in [-0.25, -0.2) is 0 Å². The molecule has 0 radical (unpaired) electrons. The van der Waals surface area contributed by atoms with Crippen molar-refractivity contribution in [3.63, 3.8) is 0 Å². The number of hydrogen-bond acceptors (Lipinski definition) is 2. The number of methoxy groups -OCH3 is 1. The highest BCUT2D eigenvalue weighted by Gasteiger charge is 2.25. The predicted octanol–water partition coefficient (Wildman–Crippen LogP) is 2.35. The maximum atomic E-state index is 9.35. The molecule has 0 heterocycles. The van der Waals surface area contributed by atoms with Gasteiger partial charge in [0.2, 0.25) is 0 Å². The second-order valence-electron chi connectivity index (χ2n) is 4.84. The third kappa shape index (κ3) is 3.65. The number of aliphatic hydroxyl groups excluding tert-OH is 1. The monoisotopic (exact) mass is 186 g/mol. The zero-order valence-corrected chi connectivity index (χ0v) is 9.05. The molecule has 78 valence electrons. The summed E-state index contributed by atoms with van der Waals surface area (Å²) in [6.45, 7) is 4.25. The molecule has 2 atom stereocenters. The molecule has 2 heteroatoms. The Balaban J connectivity index is 2.19. The lowest BCUT2D eigenvalue weighted by molar-refractivity contribution is 0.0101. The van der Waals surface area contributed by atoms with E-state index in [9.17, 15) is 5.11 Å². The van der Waals surface area contributed by atoms with Gasteiger partial charge in [0.1, 0.15) is 0 Å². The van der Waals surface area contributed by atoms with Crippen LogP contribution in [0.1, 0.15) is 46.0 Å². The number of hydrogen-bond donors (Lipinski definition) is 1. The summed E-state index contributed by atoms with van der Waals surface area (Å²) in [4.78, 5) is 0. The topological polar surface area (TPSA) is 29.5 Å². The molecule has 0 amide bonds. The molecule has 13 heavy (non-hydrogen) atoms. The Morgan fingerprint density at radius 3 is 2.54 bits per heavy atom. The molecule has 2 nitrogen and oxygen atoms in total. The first kappa shape index (κ1) is 11.0. The van der Waals surface area contributed by atoms with E-state index < -0.39 is 0 Å². The third-order valence-corrected chi connectivity index (χ3v) is 3.22. The highest BCUT2D eigenvalue weighted by molar-refractivity contribution is 4.77. The zero-order chi connectivity index (χ0) is 9.90. The van der Waals surface area contributed by atoms with E-state index in [-0.39, 0.29) is 11.7 Å². The molecule has 1 aliphatic rings. The van der Waals surface area contributed by atoms with Gasteiger partial charge in [0, 0.05) is 7.11 Å². The SMILES string of the molecule is COC(C)(C)CCC1CCC(O)C1. The largest absolute Gasteiger partial charge is 0.393 e. The van der Waals surface area contributed by atoms with Crippen LogP contribution >= 0.6 is 0 Å². The van der Waals surface area contributed by atoms with E-state index >= 15 is 0 Å². The van der Waals surface area contributed by atoms with E-state index in [2.05, 4.69) is 13.8 Å². The quantitative estimate of drug-likeness (QED) is 0.730. The number of aliphatic hydroxyl groups is 1. The summed E-state index contributed by atoms with van der Waals surface area (Å²) in [5.74, 6) is 0.726. The molecule has 2 unspecified atom stereocenters. The van der Waals surface area contributed by atoms with Crippen LogP contribution in [0.25, 0.3) is 0 Å². The third-order valence-electron chi connectivity index (χ3n) is 3.22. The fraction of sp³-hybridized carbons (Fsp3) is 1.00. The minimum absolute atomic E-state index is 0.00748. The fourth-order valence-corrected chi connectivity index (χ4v) is 1.96. The van der Waals surface area contributed by atoms with E-state index in [0.29, 0.717) is 0 Å². The Morgan fingerprint density at radius 2 is 2.08 bits per heavy atom. The molecular formula is C11H22O2. The second-order valence-corrected chi connectivity index (χ2v) is 4.84. The van der Waals surface area contributed by atoms with Crippen LogP contribution in [0, 0.1) is 5.92 Å². The molecule has 0 aromatic rings. The molecule has 1 N–H and O–H groups in total. The molecule has 0 aromatic carbocycles. The van der Waals surface area contributed by atoms with Crippen molar-refractivity contribution >= 4 is 0 Å². The first-order valence-electron chi connectivity index (χ1n) is 5.27. The van der Waals surface area contributed by atoms with E-state index in [1.807, 2.05) is 0 Å². The molecule has 1 fully saturated rings. The van der Waals surface area contributed by atoms with Gasteiger partial charge in [0.05, 0.1) is 11.7 Å². The van der Waals surface area contributed by atoms with Gasteiger partial charge in [-0.2, -0.15) is 0 Å². The van der Waals surface area contributed by atoms with Crippen LogP contribution in [-0.2, 0) is 4.74 Å². The molecule has 0 bridgehead atoms. The summed E-state index contributed by atoms with van der Waals surface area (Å²) >= 11 is 0. The van der Waals surface area contributed by atoms with Crippen molar-refractivity contribution in [1.82, 2.24) is 0 Å². The molecule has 0 spiro atoms. The van der Waals surface area contributed by atoms with Gasteiger partial charge in [-0.1, -0.05) is 0 Å². The zero-order valence-electron chi connectivity index (χ0n) is 9.05. The predicted molar refractivity (Wildman–Crippen MR) is 53.7 cm³/mol. The summed E-state index contributed by atoms with van der Waals surface area (Å²) in [5.41, 5.74) is 0.00748.